The van der Waals surface area contributed by atoms with Crippen LogP contribution in [0, 0.1) is 6.92 Å². The molecule has 1 aliphatic carbocycles. The van der Waals surface area contributed by atoms with Crippen LogP contribution < -0.4 is 5.32 Å². The molecule has 31 heavy (non-hydrogen) atoms. The second-order valence-corrected chi connectivity index (χ2v) is 11.5. The first-order chi connectivity index (χ1) is 14.6. The number of rotatable bonds is 7. The molecular weight excluding hydrogens is 448 g/mol. The molecule has 0 amide bonds. The van der Waals surface area contributed by atoms with E-state index in [9.17, 15) is 8.42 Å². The molecule has 0 spiro atoms. The van der Waals surface area contributed by atoms with E-state index in [1.165, 1.54) is 26.8 Å². The molecule has 0 bridgehead atoms. The fourth-order valence-corrected chi connectivity index (χ4v) is 7.09. The summed E-state index contributed by atoms with van der Waals surface area (Å²) in [4.78, 5) is 0. The van der Waals surface area contributed by atoms with Crippen molar-refractivity contribution in [3.63, 3.8) is 0 Å². The van der Waals surface area contributed by atoms with Gasteiger partial charge in [0.15, 0.2) is 0 Å². The quantitative estimate of drug-likeness (QED) is 0.517. The first-order valence-corrected chi connectivity index (χ1v) is 12.8. The van der Waals surface area contributed by atoms with Crippen LogP contribution in [0.1, 0.15) is 32.3 Å². The Bertz CT molecular complexity index is 1230. The molecule has 4 nitrogen and oxygen atoms in total. The number of allylic oxidation sites excluding steroid dienone is 6. The predicted octanol–water partition coefficient (Wildman–Crippen LogP) is 6.20. The highest BCUT2D eigenvalue weighted by molar-refractivity contribution is 7.91. The van der Waals surface area contributed by atoms with E-state index in [2.05, 4.69) is 18.8 Å². The van der Waals surface area contributed by atoms with Gasteiger partial charge in [0.1, 0.15) is 4.21 Å². The Morgan fingerprint density at radius 2 is 2.06 bits per heavy atom. The number of aryl methyl sites for hydroxylation is 1. The zero-order valence-electron chi connectivity index (χ0n) is 18.7. The van der Waals surface area contributed by atoms with Gasteiger partial charge < -0.3 is 5.32 Å². The molecule has 1 aromatic heterocycles. The molecule has 166 valence electrons. The van der Waals surface area contributed by atoms with Gasteiger partial charge in [-0.05, 0) is 99.1 Å². The molecule has 0 unspecified atom stereocenters. The normalized spacial score (nSPS) is 16.8. The first kappa shape index (κ1) is 23.8. The number of hydrogen-bond donors (Lipinski definition) is 1. The van der Waals surface area contributed by atoms with Crippen molar-refractivity contribution in [1.29, 1.82) is 0 Å². The summed E-state index contributed by atoms with van der Waals surface area (Å²) in [5, 5.41) is 4.66. The average Bonchev–Trinajstić information content (AvgIpc) is 3.20. The third kappa shape index (κ3) is 4.67. The molecule has 2 aromatic rings. The summed E-state index contributed by atoms with van der Waals surface area (Å²) in [6.45, 7) is 11.0. The van der Waals surface area contributed by atoms with Crippen molar-refractivity contribution >= 4 is 43.0 Å². The summed E-state index contributed by atoms with van der Waals surface area (Å²) in [5.74, 6) is 0. The lowest BCUT2D eigenvalue weighted by Crippen LogP contribution is -2.25. The maximum atomic E-state index is 13.3. The van der Waals surface area contributed by atoms with E-state index < -0.39 is 10.0 Å². The van der Waals surface area contributed by atoms with Crippen molar-refractivity contribution in [2.75, 3.05) is 20.6 Å². The molecule has 1 heterocycles. The smallest absolute Gasteiger partial charge is 0.273 e. The lowest BCUT2D eigenvalue weighted by atomic mass is 10.0. The summed E-state index contributed by atoms with van der Waals surface area (Å²) >= 11 is 7.39. The average molecular weight is 477 g/mol. The van der Waals surface area contributed by atoms with Crippen LogP contribution in [0.4, 0.5) is 0 Å². The Hall–Kier alpha value is -1.86. The molecule has 0 saturated carbocycles. The summed E-state index contributed by atoms with van der Waals surface area (Å²) in [7, 11) is -0.123. The highest BCUT2D eigenvalue weighted by Gasteiger charge is 2.27. The summed E-state index contributed by atoms with van der Waals surface area (Å²) < 4.78 is 29.3. The number of thiophene rings is 1. The Labute approximate surface area is 194 Å². The topological polar surface area (TPSA) is 49.4 Å². The van der Waals surface area contributed by atoms with Crippen LogP contribution in [0.15, 0.2) is 69.1 Å². The van der Waals surface area contributed by atoms with Crippen LogP contribution in [0.5, 0.6) is 0 Å². The largest absolute Gasteiger partial charge is 0.319 e. The van der Waals surface area contributed by atoms with E-state index in [0.29, 0.717) is 14.9 Å². The minimum absolute atomic E-state index is 0.352. The Morgan fingerprint density at radius 1 is 1.35 bits per heavy atom. The van der Waals surface area contributed by atoms with Gasteiger partial charge in [0.2, 0.25) is 0 Å². The number of nitrogens with zero attached hydrogens (tertiary/aromatic N) is 1. The van der Waals surface area contributed by atoms with Gasteiger partial charge in [-0.2, -0.15) is 0 Å². The van der Waals surface area contributed by atoms with Crippen LogP contribution in [0.25, 0.3) is 10.1 Å². The third-order valence-electron chi connectivity index (χ3n) is 5.82. The molecule has 1 N–H and O–H groups in total. The van der Waals surface area contributed by atoms with Gasteiger partial charge in [-0.15, -0.1) is 11.3 Å². The zero-order valence-corrected chi connectivity index (χ0v) is 21.1. The second kappa shape index (κ2) is 9.33. The van der Waals surface area contributed by atoms with Crippen LogP contribution in [-0.4, -0.2) is 33.4 Å². The van der Waals surface area contributed by atoms with E-state index in [1.807, 2.05) is 45.2 Å². The van der Waals surface area contributed by atoms with Crippen molar-refractivity contribution in [2.24, 2.45) is 0 Å². The van der Waals surface area contributed by atoms with Crippen molar-refractivity contribution < 1.29 is 8.42 Å². The van der Waals surface area contributed by atoms with Gasteiger partial charge in [-0.1, -0.05) is 29.8 Å². The molecular formula is C24H29ClN2O2S2. The number of sulfonamides is 1. The van der Waals surface area contributed by atoms with Gasteiger partial charge in [-0.3, -0.25) is 4.31 Å². The minimum Gasteiger partial charge on any atom is -0.319 e. The highest BCUT2D eigenvalue weighted by atomic mass is 35.5. The number of nitrogens with one attached hydrogen (secondary N) is 1. The van der Waals surface area contributed by atoms with E-state index in [-0.39, 0.29) is 0 Å². The molecule has 1 aliphatic rings. The van der Waals surface area contributed by atoms with Crippen LogP contribution in [0.2, 0.25) is 5.02 Å². The van der Waals surface area contributed by atoms with Gasteiger partial charge >= 0.3 is 0 Å². The van der Waals surface area contributed by atoms with Crippen LogP contribution in [0.3, 0.4) is 0 Å². The monoisotopic (exact) mass is 476 g/mol. The van der Waals surface area contributed by atoms with Gasteiger partial charge in [-0.25, -0.2) is 8.42 Å². The molecule has 1 aromatic carbocycles. The zero-order chi connectivity index (χ0) is 22.9. The molecule has 3 rings (SSSR count). The Balaban J connectivity index is 1.86. The van der Waals surface area contributed by atoms with Gasteiger partial charge in [0.05, 0.1) is 0 Å². The molecule has 0 atom stereocenters. The molecule has 0 radical (unpaired) electrons. The van der Waals surface area contributed by atoms with Gasteiger partial charge in [0, 0.05) is 22.5 Å². The van der Waals surface area contributed by atoms with E-state index in [0.717, 1.165) is 46.2 Å². The highest BCUT2D eigenvalue weighted by Crippen LogP contribution is 2.38. The standard InChI is InChI=1S/C24H29ClN2O2S2/c1-15-13-19(17(3)21(15)11-12-26-5)8-7-16(2)27(6)31(28,29)24-18(4)22-14-20(25)9-10-23(22)30-24/h7-10,14,26H,3,11-13H2,1-2,4-6H3/b16-7+,19-8-. The van der Waals surface area contributed by atoms with E-state index in [1.54, 1.807) is 13.1 Å². The van der Waals surface area contributed by atoms with Crippen LogP contribution >= 0.6 is 22.9 Å². The fourth-order valence-electron chi connectivity index (χ4n) is 3.78. The SMILES string of the molecule is C=C1C(CCNC)=C(C)C/C1=C/C=C(\C)N(C)S(=O)(=O)c1sc2ccc(Cl)cc2c1C. The van der Waals surface area contributed by atoms with Crippen LogP contribution in [-0.2, 0) is 10.0 Å². The molecule has 0 saturated heterocycles. The van der Waals surface area contributed by atoms with Gasteiger partial charge in [0.25, 0.3) is 10.0 Å². The van der Waals surface area contributed by atoms with Crippen molar-refractivity contribution in [3.05, 3.63) is 75.5 Å². The number of halogens is 1. The maximum absolute atomic E-state index is 13.3. The summed E-state index contributed by atoms with van der Waals surface area (Å²) in [6, 6.07) is 5.47. The van der Waals surface area contributed by atoms with Crippen molar-refractivity contribution in [3.8, 4) is 0 Å². The number of fused-ring (bicyclic) bond motifs is 1. The fraction of sp³-hybridized carbons (Fsp3) is 0.333. The number of hydrogen-bond acceptors (Lipinski definition) is 4. The lowest BCUT2D eigenvalue weighted by Gasteiger charge is -2.19. The second-order valence-electron chi connectivity index (χ2n) is 7.90. The lowest BCUT2D eigenvalue weighted by molar-refractivity contribution is 0.526. The maximum Gasteiger partial charge on any atom is 0.273 e. The number of benzene rings is 1. The van der Waals surface area contributed by atoms with Crippen molar-refractivity contribution in [1.82, 2.24) is 9.62 Å². The van der Waals surface area contributed by atoms with Crippen molar-refractivity contribution in [2.45, 2.75) is 37.8 Å². The predicted molar refractivity (Wildman–Crippen MR) is 133 cm³/mol. The summed E-state index contributed by atoms with van der Waals surface area (Å²) in [6.07, 6.45) is 5.67. The first-order valence-electron chi connectivity index (χ1n) is 10.2. The Morgan fingerprint density at radius 3 is 2.74 bits per heavy atom. The minimum atomic E-state index is -3.67. The summed E-state index contributed by atoms with van der Waals surface area (Å²) in [5.41, 5.74) is 6.21. The van der Waals surface area contributed by atoms with E-state index >= 15 is 0 Å². The molecule has 7 heteroatoms. The van der Waals surface area contributed by atoms with E-state index in [4.69, 9.17) is 11.6 Å². The molecule has 0 fully saturated rings. The Kier molecular flexibility index (Phi) is 7.16. The third-order valence-corrected chi connectivity index (χ3v) is 9.79. The molecule has 0 aliphatic heterocycles.